The first kappa shape index (κ1) is 11.8. The van der Waals surface area contributed by atoms with Crippen molar-refractivity contribution in [3.05, 3.63) is 0 Å². The molecule has 0 aromatic rings. The summed E-state index contributed by atoms with van der Waals surface area (Å²) in [6.45, 7) is 6.04. The van der Waals surface area contributed by atoms with Crippen LogP contribution in [0.4, 0.5) is 4.79 Å². The van der Waals surface area contributed by atoms with Crippen LogP contribution in [-0.4, -0.2) is 42.1 Å². The van der Waals surface area contributed by atoms with Gasteiger partial charge >= 0.3 is 6.09 Å². The van der Waals surface area contributed by atoms with Crippen molar-refractivity contribution in [1.82, 2.24) is 10.2 Å². The van der Waals surface area contributed by atoms with E-state index in [9.17, 15) is 9.59 Å². The Morgan fingerprint density at radius 2 is 2.13 bits per heavy atom. The number of amides is 2. The minimum Gasteiger partial charge on any atom is -0.444 e. The zero-order valence-electron chi connectivity index (χ0n) is 9.66. The van der Waals surface area contributed by atoms with Gasteiger partial charge in [0, 0.05) is 13.6 Å². The third-order valence-electron chi connectivity index (χ3n) is 2.12. The van der Waals surface area contributed by atoms with Crippen LogP contribution in [-0.2, 0) is 9.53 Å². The maximum absolute atomic E-state index is 11.5. The molecule has 0 unspecified atom stereocenters. The fourth-order valence-corrected chi connectivity index (χ4v) is 1.41. The predicted octanol–water partition coefficient (Wildman–Crippen LogP) is 0.742. The van der Waals surface area contributed by atoms with Crippen molar-refractivity contribution in [3.63, 3.8) is 0 Å². The Hall–Kier alpha value is -1.26. The lowest BCUT2D eigenvalue weighted by Crippen LogP contribution is -2.43. The van der Waals surface area contributed by atoms with Crippen LogP contribution in [0.1, 0.15) is 27.2 Å². The molecule has 1 aliphatic heterocycles. The molecule has 1 rings (SSSR count). The zero-order chi connectivity index (χ0) is 11.6. The Labute approximate surface area is 89.8 Å². The van der Waals surface area contributed by atoms with E-state index in [2.05, 4.69) is 5.32 Å². The fourth-order valence-electron chi connectivity index (χ4n) is 1.41. The molecule has 5 nitrogen and oxygen atoms in total. The Balaban J connectivity index is 2.43. The summed E-state index contributed by atoms with van der Waals surface area (Å²) in [5, 5.41) is 2.56. The number of likely N-dealkylation sites (tertiary alicyclic amines) is 1. The summed E-state index contributed by atoms with van der Waals surface area (Å²) in [6, 6.07) is -0.426. The first-order valence-electron chi connectivity index (χ1n) is 5.04. The highest BCUT2D eigenvalue weighted by Crippen LogP contribution is 2.11. The summed E-state index contributed by atoms with van der Waals surface area (Å²) >= 11 is 0. The van der Waals surface area contributed by atoms with E-state index in [1.807, 2.05) is 0 Å². The first-order chi connectivity index (χ1) is 6.79. The Kier molecular flexibility index (Phi) is 3.21. The average Bonchev–Trinajstić information content (AvgIpc) is 2.32. The van der Waals surface area contributed by atoms with E-state index < -0.39 is 17.7 Å². The number of nitrogens with zero attached hydrogens (tertiary/aromatic N) is 1. The van der Waals surface area contributed by atoms with Crippen LogP contribution < -0.4 is 5.32 Å². The number of rotatable bonds is 1. The summed E-state index contributed by atoms with van der Waals surface area (Å²) in [5.74, 6) is -0.0548. The molecule has 0 aromatic carbocycles. The highest BCUT2D eigenvalue weighted by Gasteiger charge is 2.31. The molecule has 1 N–H and O–H groups in total. The van der Waals surface area contributed by atoms with Crippen molar-refractivity contribution in [2.45, 2.75) is 38.8 Å². The Bertz CT molecular complexity index is 270. The minimum atomic E-state index is -0.531. The van der Waals surface area contributed by atoms with E-state index in [0.717, 1.165) is 0 Å². The highest BCUT2D eigenvalue weighted by molar-refractivity contribution is 5.87. The molecule has 0 radical (unpaired) electrons. The van der Waals surface area contributed by atoms with E-state index in [-0.39, 0.29) is 5.91 Å². The molecule has 5 heteroatoms. The molecule has 2 amide bonds. The fraction of sp³-hybridized carbons (Fsp3) is 0.800. The van der Waals surface area contributed by atoms with E-state index in [1.54, 1.807) is 32.7 Å². The van der Waals surface area contributed by atoms with Gasteiger partial charge < -0.3 is 15.0 Å². The van der Waals surface area contributed by atoms with Crippen molar-refractivity contribution >= 4 is 12.0 Å². The van der Waals surface area contributed by atoms with Gasteiger partial charge in [0.15, 0.2) is 0 Å². The number of hydrogen-bond donors (Lipinski definition) is 1. The average molecular weight is 214 g/mol. The van der Waals surface area contributed by atoms with Gasteiger partial charge in [-0.25, -0.2) is 4.79 Å². The van der Waals surface area contributed by atoms with Gasteiger partial charge in [0.05, 0.1) is 0 Å². The number of ether oxygens (including phenoxy) is 1. The lowest BCUT2D eigenvalue weighted by Gasteiger charge is -2.21. The summed E-state index contributed by atoms with van der Waals surface area (Å²) in [6.07, 6.45) is 0.116. The molecule has 1 saturated heterocycles. The zero-order valence-corrected chi connectivity index (χ0v) is 9.66. The van der Waals surface area contributed by atoms with Gasteiger partial charge in [-0.15, -0.1) is 0 Å². The summed E-state index contributed by atoms with van der Waals surface area (Å²) < 4.78 is 5.06. The molecule has 86 valence electrons. The Morgan fingerprint density at radius 1 is 1.53 bits per heavy atom. The monoisotopic (exact) mass is 214 g/mol. The molecule has 0 bridgehead atoms. The Morgan fingerprint density at radius 3 is 2.53 bits per heavy atom. The van der Waals surface area contributed by atoms with Gasteiger partial charge in [0.25, 0.3) is 0 Å². The van der Waals surface area contributed by atoms with Crippen molar-refractivity contribution < 1.29 is 14.3 Å². The first-order valence-corrected chi connectivity index (χ1v) is 5.04. The molecule has 0 spiro atoms. The molecule has 1 fully saturated rings. The SMILES string of the molecule is CN1CC[C@H](NC(=O)OC(C)(C)C)C1=O. The molecule has 0 saturated carbocycles. The quantitative estimate of drug-likeness (QED) is 0.700. The van der Waals surface area contributed by atoms with Crippen molar-refractivity contribution in [3.8, 4) is 0 Å². The lowest BCUT2D eigenvalue weighted by molar-refractivity contribution is -0.128. The molecule has 1 atom stereocenters. The number of hydrogen-bond acceptors (Lipinski definition) is 3. The topological polar surface area (TPSA) is 58.6 Å². The molecule has 1 heterocycles. The number of carbonyl (C=O) groups is 2. The minimum absolute atomic E-state index is 0.0548. The second kappa shape index (κ2) is 4.08. The van der Waals surface area contributed by atoms with Crippen LogP contribution in [0.15, 0.2) is 0 Å². The van der Waals surface area contributed by atoms with Crippen molar-refractivity contribution in [2.75, 3.05) is 13.6 Å². The predicted molar refractivity (Wildman–Crippen MR) is 55.4 cm³/mol. The smallest absolute Gasteiger partial charge is 0.408 e. The molecule has 0 aliphatic carbocycles. The van der Waals surface area contributed by atoms with E-state index >= 15 is 0 Å². The van der Waals surface area contributed by atoms with Gasteiger partial charge in [-0.05, 0) is 27.2 Å². The van der Waals surface area contributed by atoms with Gasteiger partial charge in [-0.3, -0.25) is 4.79 Å². The molecule has 0 aromatic heterocycles. The van der Waals surface area contributed by atoms with Gasteiger partial charge in [-0.2, -0.15) is 0 Å². The number of carbonyl (C=O) groups excluding carboxylic acids is 2. The van der Waals surface area contributed by atoms with Crippen LogP contribution in [0, 0.1) is 0 Å². The number of nitrogens with one attached hydrogen (secondary N) is 1. The van der Waals surface area contributed by atoms with Crippen molar-refractivity contribution in [1.29, 1.82) is 0 Å². The van der Waals surface area contributed by atoms with Crippen LogP contribution >= 0.6 is 0 Å². The van der Waals surface area contributed by atoms with Gasteiger partial charge in [-0.1, -0.05) is 0 Å². The second-order valence-electron chi connectivity index (χ2n) is 4.75. The maximum Gasteiger partial charge on any atom is 0.408 e. The maximum atomic E-state index is 11.5. The van der Waals surface area contributed by atoms with E-state index in [4.69, 9.17) is 4.74 Å². The van der Waals surface area contributed by atoms with Crippen LogP contribution in [0.25, 0.3) is 0 Å². The van der Waals surface area contributed by atoms with E-state index in [1.165, 1.54) is 0 Å². The van der Waals surface area contributed by atoms with Gasteiger partial charge in [0.1, 0.15) is 11.6 Å². The lowest BCUT2D eigenvalue weighted by atomic mass is 10.2. The molecule has 15 heavy (non-hydrogen) atoms. The number of alkyl carbamates (subject to hydrolysis) is 1. The third kappa shape index (κ3) is 3.42. The highest BCUT2D eigenvalue weighted by atomic mass is 16.6. The summed E-state index contributed by atoms with van der Waals surface area (Å²) in [4.78, 5) is 24.4. The van der Waals surface area contributed by atoms with Crippen LogP contribution in [0.3, 0.4) is 0 Å². The molecular weight excluding hydrogens is 196 g/mol. The van der Waals surface area contributed by atoms with Gasteiger partial charge in [0.2, 0.25) is 5.91 Å². The molecular formula is C10H18N2O3. The second-order valence-corrected chi connectivity index (χ2v) is 4.75. The summed E-state index contributed by atoms with van der Waals surface area (Å²) in [7, 11) is 1.72. The van der Waals surface area contributed by atoms with Crippen LogP contribution in [0.5, 0.6) is 0 Å². The van der Waals surface area contributed by atoms with Crippen molar-refractivity contribution in [2.24, 2.45) is 0 Å². The molecule has 1 aliphatic rings. The number of likely N-dealkylation sites (N-methyl/N-ethyl adjacent to an activating group) is 1. The normalized spacial score (nSPS) is 21.7. The largest absolute Gasteiger partial charge is 0.444 e. The summed E-state index contributed by atoms with van der Waals surface area (Å²) in [5.41, 5.74) is -0.530. The standard InChI is InChI=1S/C10H18N2O3/c1-10(2,3)15-9(14)11-7-5-6-12(4)8(7)13/h7H,5-6H2,1-4H3,(H,11,14)/t7-/m0/s1. The third-order valence-corrected chi connectivity index (χ3v) is 2.12. The van der Waals surface area contributed by atoms with E-state index in [0.29, 0.717) is 13.0 Å². The van der Waals surface area contributed by atoms with Crippen LogP contribution in [0.2, 0.25) is 0 Å².